The molecule has 2 heterocycles. The number of aromatic nitrogens is 1. The minimum atomic E-state index is -4.94. The molecule has 4 rings (SSSR count). The first-order valence-corrected chi connectivity index (χ1v) is 12.4. The van der Waals surface area contributed by atoms with Crippen molar-refractivity contribution >= 4 is 17.6 Å². The molecule has 1 saturated heterocycles. The summed E-state index contributed by atoms with van der Waals surface area (Å²) in [6, 6.07) is 7.06. The number of alkyl halides is 3. The number of anilines is 1. The van der Waals surface area contributed by atoms with Gasteiger partial charge in [-0.25, -0.2) is 13.8 Å². The van der Waals surface area contributed by atoms with Crippen molar-refractivity contribution < 1.29 is 50.9 Å². The van der Waals surface area contributed by atoms with Crippen molar-refractivity contribution in [1.29, 1.82) is 0 Å². The summed E-state index contributed by atoms with van der Waals surface area (Å²) >= 11 is 0. The largest absolute Gasteiger partial charge is 0.573 e. The number of aliphatic hydroxyl groups is 1. The molecule has 0 unspecified atom stereocenters. The zero-order valence-corrected chi connectivity index (χ0v) is 22.8. The average Bonchev–Trinajstić information content (AvgIpc) is 3.22. The van der Waals surface area contributed by atoms with Crippen molar-refractivity contribution in [3.63, 3.8) is 0 Å². The van der Waals surface area contributed by atoms with Gasteiger partial charge in [-0.05, 0) is 38.1 Å². The Bertz CT molecular complexity index is 1470. The third-order valence-corrected chi connectivity index (χ3v) is 6.53. The number of hydrogen-bond donors (Lipinski definition) is 2. The van der Waals surface area contributed by atoms with Crippen LogP contribution in [0.4, 0.5) is 27.8 Å². The maximum Gasteiger partial charge on any atom is 0.573 e. The summed E-state index contributed by atoms with van der Waals surface area (Å²) in [5.74, 6) is -5.50. The molecule has 1 aliphatic rings. The van der Waals surface area contributed by atoms with E-state index in [0.717, 1.165) is 41.3 Å². The molecule has 0 radical (unpaired) electrons. The van der Waals surface area contributed by atoms with Gasteiger partial charge in [0.15, 0.2) is 0 Å². The Morgan fingerprint density at radius 1 is 0.976 bits per heavy atom. The third-order valence-electron chi connectivity index (χ3n) is 6.53. The summed E-state index contributed by atoms with van der Waals surface area (Å²) < 4.78 is 81.9. The van der Waals surface area contributed by atoms with Crippen molar-refractivity contribution in [2.24, 2.45) is 0 Å². The van der Waals surface area contributed by atoms with Gasteiger partial charge in [0.05, 0.1) is 19.9 Å². The highest BCUT2D eigenvalue weighted by atomic mass is 19.4. The number of halogens is 5. The van der Waals surface area contributed by atoms with Gasteiger partial charge in [0.25, 0.3) is 11.8 Å². The maximum absolute atomic E-state index is 15.2. The SMILES string of the molecule is COc1cc(N2C[C@@H](c3c(F)cc(OC)cc3F)[C@H](NC(=O)c3ccc(OC(F)(F)F)cc3)C2=O)nc(C(C)(C)O)c1. The molecule has 0 bridgehead atoms. The molecule has 0 spiro atoms. The van der Waals surface area contributed by atoms with E-state index in [9.17, 15) is 27.9 Å². The first-order chi connectivity index (χ1) is 19.6. The summed E-state index contributed by atoms with van der Waals surface area (Å²) in [4.78, 5) is 32.3. The molecule has 42 heavy (non-hydrogen) atoms. The number of nitrogens with one attached hydrogen (secondary N) is 1. The quantitative estimate of drug-likeness (QED) is 0.371. The molecule has 0 saturated carbocycles. The monoisotopic (exact) mass is 595 g/mol. The third kappa shape index (κ3) is 6.54. The number of ether oxygens (including phenoxy) is 3. The molecule has 0 aliphatic carbocycles. The van der Waals surface area contributed by atoms with Gasteiger partial charge in [0.2, 0.25) is 0 Å². The second-order valence-corrected chi connectivity index (χ2v) is 9.89. The first kappa shape index (κ1) is 30.5. The molecule has 1 fully saturated rings. The Kier molecular flexibility index (Phi) is 8.30. The van der Waals surface area contributed by atoms with E-state index in [-0.39, 0.29) is 35.1 Å². The number of pyridine rings is 1. The number of carbonyl (C=O) groups is 2. The molecule has 14 heteroatoms. The summed E-state index contributed by atoms with van der Waals surface area (Å²) in [5, 5.41) is 13.0. The number of amides is 2. The lowest BCUT2D eigenvalue weighted by Gasteiger charge is -2.22. The minimum absolute atomic E-state index is 0.0128. The van der Waals surface area contributed by atoms with Crippen molar-refractivity contribution in [2.75, 3.05) is 25.7 Å². The van der Waals surface area contributed by atoms with Gasteiger partial charge in [-0.3, -0.25) is 14.5 Å². The van der Waals surface area contributed by atoms with Crippen LogP contribution in [0.25, 0.3) is 0 Å². The summed E-state index contributed by atoms with van der Waals surface area (Å²) in [6.45, 7) is 2.58. The Labute approximate surface area is 236 Å². The van der Waals surface area contributed by atoms with Gasteiger partial charge in [-0.2, -0.15) is 0 Å². The van der Waals surface area contributed by atoms with E-state index >= 15 is 8.78 Å². The molecule has 2 N–H and O–H groups in total. The van der Waals surface area contributed by atoms with Gasteiger partial charge in [-0.1, -0.05) is 0 Å². The highest BCUT2D eigenvalue weighted by Crippen LogP contribution is 2.37. The van der Waals surface area contributed by atoms with Crippen LogP contribution in [0.3, 0.4) is 0 Å². The molecular weight excluding hydrogens is 569 g/mol. The van der Waals surface area contributed by atoms with Crippen LogP contribution in [-0.4, -0.2) is 55.1 Å². The van der Waals surface area contributed by atoms with Gasteiger partial charge in [0, 0.05) is 47.9 Å². The highest BCUT2D eigenvalue weighted by molar-refractivity contribution is 6.04. The number of carbonyl (C=O) groups excluding carboxylic acids is 2. The van der Waals surface area contributed by atoms with E-state index in [2.05, 4.69) is 15.0 Å². The maximum atomic E-state index is 15.2. The zero-order valence-electron chi connectivity index (χ0n) is 22.8. The number of nitrogens with zero attached hydrogens (tertiary/aromatic N) is 2. The van der Waals surface area contributed by atoms with E-state index in [1.54, 1.807) is 0 Å². The summed E-state index contributed by atoms with van der Waals surface area (Å²) in [6.07, 6.45) is -4.94. The van der Waals surface area contributed by atoms with Gasteiger partial charge < -0.3 is 24.6 Å². The number of methoxy groups -OCH3 is 2. The molecule has 1 aliphatic heterocycles. The Morgan fingerprint density at radius 3 is 2.07 bits per heavy atom. The molecule has 3 aromatic rings. The second kappa shape index (κ2) is 11.4. The van der Waals surface area contributed by atoms with Gasteiger partial charge >= 0.3 is 6.36 Å². The Morgan fingerprint density at radius 2 is 1.55 bits per heavy atom. The van der Waals surface area contributed by atoms with Crippen LogP contribution in [0.15, 0.2) is 48.5 Å². The number of rotatable bonds is 8. The topological polar surface area (TPSA) is 110 Å². The van der Waals surface area contributed by atoms with Crippen LogP contribution in [0, 0.1) is 11.6 Å². The van der Waals surface area contributed by atoms with E-state index in [0.29, 0.717) is 0 Å². The molecule has 224 valence electrons. The molecular formula is C28H26F5N3O6. The lowest BCUT2D eigenvalue weighted by Crippen LogP contribution is -2.44. The van der Waals surface area contributed by atoms with Gasteiger partial charge in [-0.15, -0.1) is 13.2 Å². The lowest BCUT2D eigenvalue weighted by atomic mass is 9.92. The molecule has 1 aromatic heterocycles. The predicted octanol–water partition coefficient (Wildman–Crippen LogP) is 4.43. The van der Waals surface area contributed by atoms with Crippen LogP contribution in [-0.2, 0) is 10.4 Å². The second-order valence-electron chi connectivity index (χ2n) is 9.89. The lowest BCUT2D eigenvalue weighted by molar-refractivity contribution is -0.274. The van der Waals surface area contributed by atoms with E-state index in [4.69, 9.17) is 9.47 Å². The van der Waals surface area contributed by atoms with E-state index in [1.165, 1.54) is 40.2 Å². The van der Waals surface area contributed by atoms with Crippen LogP contribution in [0.1, 0.15) is 41.4 Å². The van der Waals surface area contributed by atoms with Crippen LogP contribution < -0.4 is 24.4 Å². The molecule has 2 aromatic carbocycles. The van der Waals surface area contributed by atoms with Crippen molar-refractivity contribution in [3.8, 4) is 17.2 Å². The van der Waals surface area contributed by atoms with Crippen molar-refractivity contribution in [2.45, 2.75) is 37.8 Å². The zero-order chi connectivity index (χ0) is 31.0. The fraction of sp³-hybridized carbons (Fsp3) is 0.321. The van der Waals surface area contributed by atoms with E-state index in [1.807, 2.05) is 0 Å². The molecule has 9 nitrogen and oxygen atoms in total. The van der Waals surface area contributed by atoms with Crippen LogP contribution in [0.2, 0.25) is 0 Å². The standard InChI is InChI=1S/C28H26F5N3O6/c1-27(2,39)21-11-17(41-4)12-22(34-21)36-13-18(23-19(29)9-16(40-3)10-20(23)30)24(26(36)38)35-25(37)14-5-7-15(8-6-14)42-28(31,32)33/h5-12,18,24,39H,13H2,1-4H3,(H,35,37)/t18-,24-/m0/s1. The first-order valence-electron chi connectivity index (χ1n) is 12.4. The smallest absolute Gasteiger partial charge is 0.497 e. The Hall–Kier alpha value is -4.46. The molecule has 2 atom stereocenters. The summed E-state index contributed by atoms with van der Waals surface area (Å²) in [7, 11) is 2.58. The van der Waals surface area contributed by atoms with Crippen LogP contribution in [0.5, 0.6) is 17.2 Å². The number of benzene rings is 2. The fourth-order valence-corrected chi connectivity index (χ4v) is 4.49. The van der Waals surface area contributed by atoms with E-state index < -0.39 is 58.7 Å². The molecule has 2 amide bonds. The minimum Gasteiger partial charge on any atom is -0.497 e. The van der Waals surface area contributed by atoms with Crippen LogP contribution >= 0.6 is 0 Å². The fourth-order valence-electron chi connectivity index (χ4n) is 4.49. The Balaban J connectivity index is 1.74. The van der Waals surface area contributed by atoms with Gasteiger partial charge in [0.1, 0.15) is 46.3 Å². The number of hydrogen-bond acceptors (Lipinski definition) is 7. The summed E-state index contributed by atoms with van der Waals surface area (Å²) in [5.41, 5.74) is -1.96. The van der Waals surface area contributed by atoms with Crippen molar-refractivity contribution in [3.05, 3.63) is 77.0 Å². The average molecular weight is 596 g/mol. The highest BCUT2D eigenvalue weighted by Gasteiger charge is 2.46. The normalized spacial score (nSPS) is 17.3. The predicted molar refractivity (Wildman–Crippen MR) is 138 cm³/mol. The van der Waals surface area contributed by atoms with Crippen molar-refractivity contribution in [1.82, 2.24) is 10.3 Å².